The summed E-state index contributed by atoms with van der Waals surface area (Å²) < 4.78 is 5.46. The largest absolute Gasteiger partial charge is 0.377 e. The van der Waals surface area contributed by atoms with Crippen molar-refractivity contribution in [3.05, 3.63) is 0 Å². The molecule has 0 radical (unpaired) electrons. The smallest absolute Gasteiger partial charge is 0.0596 e. The molecule has 0 bridgehead atoms. The van der Waals surface area contributed by atoms with Crippen molar-refractivity contribution in [1.29, 1.82) is 0 Å². The molecule has 3 heteroatoms. The van der Waals surface area contributed by atoms with Crippen molar-refractivity contribution in [3.8, 4) is 0 Å². The molecular formula is C9H20N2O. The second kappa shape index (κ2) is 4.80. The predicted octanol–water partition coefficient (Wildman–Crippen LogP) is 0.444. The van der Waals surface area contributed by atoms with Gasteiger partial charge in [-0.1, -0.05) is 0 Å². The van der Waals surface area contributed by atoms with E-state index in [9.17, 15) is 0 Å². The Morgan fingerprint density at radius 3 is 2.83 bits per heavy atom. The first-order valence-electron chi connectivity index (χ1n) is 4.78. The standard InChI is InChI=1S/C9H20N2O/c1-8(2)12-6-5-11-4-3-9(10)7-11/h8-9H,3-7,10H2,1-2H3. The number of hydrogen-bond donors (Lipinski definition) is 1. The molecule has 12 heavy (non-hydrogen) atoms. The molecule has 0 saturated carbocycles. The molecule has 0 amide bonds. The van der Waals surface area contributed by atoms with E-state index in [-0.39, 0.29) is 0 Å². The molecule has 2 N–H and O–H groups in total. The highest BCUT2D eigenvalue weighted by Crippen LogP contribution is 2.05. The van der Waals surface area contributed by atoms with E-state index in [2.05, 4.69) is 18.7 Å². The van der Waals surface area contributed by atoms with Gasteiger partial charge >= 0.3 is 0 Å². The van der Waals surface area contributed by atoms with Crippen LogP contribution in [-0.4, -0.2) is 43.3 Å². The zero-order valence-corrected chi connectivity index (χ0v) is 8.12. The molecule has 1 aliphatic heterocycles. The van der Waals surface area contributed by atoms with Crippen LogP contribution in [0.15, 0.2) is 0 Å². The van der Waals surface area contributed by atoms with Crippen molar-refractivity contribution in [2.24, 2.45) is 5.73 Å². The van der Waals surface area contributed by atoms with Gasteiger partial charge in [-0.05, 0) is 26.8 Å². The highest BCUT2D eigenvalue weighted by molar-refractivity contribution is 4.77. The van der Waals surface area contributed by atoms with Crippen LogP contribution in [0.1, 0.15) is 20.3 Å². The molecule has 1 saturated heterocycles. The number of nitrogens with zero attached hydrogens (tertiary/aromatic N) is 1. The van der Waals surface area contributed by atoms with E-state index < -0.39 is 0 Å². The summed E-state index contributed by atoms with van der Waals surface area (Å²) in [5, 5.41) is 0. The van der Waals surface area contributed by atoms with E-state index in [0.717, 1.165) is 32.7 Å². The van der Waals surface area contributed by atoms with Gasteiger partial charge in [0.15, 0.2) is 0 Å². The topological polar surface area (TPSA) is 38.5 Å². The van der Waals surface area contributed by atoms with Crippen molar-refractivity contribution in [3.63, 3.8) is 0 Å². The Kier molecular flexibility index (Phi) is 3.98. The summed E-state index contributed by atoms with van der Waals surface area (Å²) in [5.74, 6) is 0. The lowest BCUT2D eigenvalue weighted by Crippen LogP contribution is -2.29. The van der Waals surface area contributed by atoms with Crippen LogP contribution in [0.25, 0.3) is 0 Å². The summed E-state index contributed by atoms with van der Waals surface area (Å²) in [4.78, 5) is 2.37. The van der Waals surface area contributed by atoms with E-state index in [1.165, 1.54) is 0 Å². The van der Waals surface area contributed by atoms with Gasteiger partial charge in [0, 0.05) is 19.1 Å². The summed E-state index contributed by atoms with van der Waals surface area (Å²) in [6, 6.07) is 0.393. The Morgan fingerprint density at radius 2 is 2.33 bits per heavy atom. The maximum absolute atomic E-state index is 5.77. The average Bonchev–Trinajstić information content (AvgIpc) is 2.35. The molecule has 3 nitrogen and oxygen atoms in total. The monoisotopic (exact) mass is 172 g/mol. The van der Waals surface area contributed by atoms with E-state index in [1.54, 1.807) is 0 Å². The normalized spacial score (nSPS) is 25.5. The Labute approximate surface area is 74.9 Å². The van der Waals surface area contributed by atoms with E-state index >= 15 is 0 Å². The lowest BCUT2D eigenvalue weighted by Gasteiger charge is -2.15. The number of hydrogen-bond acceptors (Lipinski definition) is 3. The van der Waals surface area contributed by atoms with Gasteiger partial charge in [0.05, 0.1) is 12.7 Å². The van der Waals surface area contributed by atoms with Gasteiger partial charge in [0.2, 0.25) is 0 Å². The minimum absolute atomic E-state index is 0.348. The molecule has 0 aliphatic carbocycles. The number of likely N-dealkylation sites (tertiary alicyclic amines) is 1. The second-order valence-corrected chi connectivity index (χ2v) is 3.77. The number of ether oxygens (including phenoxy) is 1. The van der Waals surface area contributed by atoms with Crippen molar-refractivity contribution >= 4 is 0 Å². The highest BCUT2D eigenvalue weighted by atomic mass is 16.5. The highest BCUT2D eigenvalue weighted by Gasteiger charge is 2.17. The van der Waals surface area contributed by atoms with E-state index in [0.29, 0.717) is 12.1 Å². The van der Waals surface area contributed by atoms with E-state index in [4.69, 9.17) is 10.5 Å². The second-order valence-electron chi connectivity index (χ2n) is 3.77. The van der Waals surface area contributed by atoms with Crippen LogP contribution in [0, 0.1) is 0 Å². The van der Waals surface area contributed by atoms with Crippen molar-refractivity contribution in [2.75, 3.05) is 26.2 Å². The summed E-state index contributed by atoms with van der Waals surface area (Å²) in [5.41, 5.74) is 5.77. The maximum atomic E-state index is 5.77. The minimum atomic E-state index is 0.348. The van der Waals surface area contributed by atoms with Crippen molar-refractivity contribution in [1.82, 2.24) is 4.90 Å². The third kappa shape index (κ3) is 3.52. The van der Waals surface area contributed by atoms with Crippen molar-refractivity contribution < 1.29 is 4.74 Å². The van der Waals surface area contributed by atoms with Crippen LogP contribution >= 0.6 is 0 Å². The molecule has 0 aromatic heterocycles. The fourth-order valence-corrected chi connectivity index (χ4v) is 1.48. The summed E-state index contributed by atoms with van der Waals surface area (Å²) in [6.07, 6.45) is 1.49. The van der Waals surface area contributed by atoms with Crippen LogP contribution in [0.3, 0.4) is 0 Å². The molecule has 1 fully saturated rings. The van der Waals surface area contributed by atoms with Gasteiger partial charge in [-0.2, -0.15) is 0 Å². The van der Waals surface area contributed by atoms with Gasteiger partial charge in [-0.25, -0.2) is 0 Å². The third-order valence-electron chi connectivity index (χ3n) is 2.17. The zero-order chi connectivity index (χ0) is 8.97. The van der Waals surface area contributed by atoms with Crippen LogP contribution < -0.4 is 5.73 Å². The third-order valence-corrected chi connectivity index (χ3v) is 2.17. The molecule has 1 unspecified atom stereocenters. The fraction of sp³-hybridized carbons (Fsp3) is 1.00. The Hall–Kier alpha value is -0.120. The molecule has 0 aromatic rings. The van der Waals surface area contributed by atoms with E-state index in [1.807, 2.05) is 0 Å². The first-order chi connectivity index (χ1) is 5.68. The fourth-order valence-electron chi connectivity index (χ4n) is 1.48. The molecule has 72 valence electrons. The molecular weight excluding hydrogens is 152 g/mol. The Balaban J connectivity index is 2.00. The number of rotatable bonds is 4. The summed E-state index contributed by atoms with van der Waals surface area (Å²) in [6.45, 7) is 8.19. The van der Waals surface area contributed by atoms with Crippen molar-refractivity contribution in [2.45, 2.75) is 32.4 Å². The quantitative estimate of drug-likeness (QED) is 0.669. The van der Waals surface area contributed by atoms with Crippen LogP contribution in [-0.2, 0) is 4.74 Å². The lowest BCUT2D eigenvalue weighted by molar-refractivity contribution is 0.0633. The summed E-state index contributed by atoms with van der Waals surface area (Å²) >= 11 is 0. The maximum Gasteiger partial charge on any atom is 0.0596 e. The molecule has 1 aliphatic rings. The SMILES string of the molecule is CC(C)OCCN1CCC(N)C1. The average molecular weight is 172 g/mol. The van der Waals surface area contributed by atoms with Crippen LogP contribution in [0.2, 0.25) is 0 Å². The van der Waals surface area contributed by atoms with Gasteiger partial charge in [-0.3, -0.25) is 4.90 Å². The molecule has 1 atom stereocenters. The Bertz CT molecular complexity index is 128. The zero-order valence-electron chi connectivity index (χ0n) is 8.12. The molecule has 1 heterocycles. The molecule has 1 rings (SSSR count). The van der Waals surface area contributed by atoms with Gasteiger partial charge in [-0.15, -0.1) is 0 Å². The summed E-state index contributed by atoms with van der Waals surface area (Å²) in [7, 11) is 0. The van der Waals surface area contributed by atoms with Gasteiger partial charge in [0.25, 0.3) is 0 Å². The van der Waals surface area contributed by atoms with Gasteiger partial charge in [0.1, 0.15) is 0 Å². The first kappa shape index (κ1) is 9.96. The number of nitrogens with two attached hydrogens (primary N) is 1. The molecule has 0 spiro atoms. The lowest BCUT2D eigenvalue weighted by atomic mass is 10.3. The van der Waals surface area contributed by atoms with Crippen LogP contribution in [0.4, 0.5) is 0 Å². The van der Waals surface area contributed by atoms with Crippen LogP contribution in [0.5, 0.6) is 0 Å². The Morgan fingerprint density at radius 1 is 1.58 bits per heavy atom. The first-order valence-corrected chi connectivity index (χ1v) is 4.78. The molecule has 0 aromatic carbocycles. The minimum Gasteiger partial charge on any atom is -0.377 e. The van der Waals surface area contributed by atoms with Gasteiger partial charge < -0.3 is 10.5 Å². The predicted molar refractivity (Wildman–Crippen MR) is 50.1 cm³/mol.